The maximum absolute atomic E-state index is 16.6. The smallest absolute Gasteiger partial charge is 0.348 e. The molecular formula is C55H34O31. The van der Waals surface area contributed by atoms with Crippen molar-refractivity contribution in [1.29, 1.82) is 0 Å². The third kappa shape index (κ3) is 6.13. The zero-order valence-electron chi connectivity index (χ0n) is 42.3. The molecule has 11 atom stereocenters. The Morgan fingerprint density at radius 1 is 0.477 bits per heavy atom. The molecule has 16 N–H and O–H groups in total. The maximum atomic E-state index is 16.6. The zero-order valence-corrected chi connectivity index (χ0v) is 42.3. The van der Waals surface area contributed by atoms with Gasteiger partial charge >= 0.3 is 35.8 Å². The van der Waals surface area contributed by atoms with Gasteiger partial charge in [-0.25, -0.2) is 28.8 Å². The molecule has 0 radical (unpaired) electrons. The first-order valence-electron chi connectivity index (χ1n) is 25.2. The molecule has 0 saturated carbocycles. The van der Waals surface area contributed by atoms with Crippen molar-refractivity contribution in [3.63, 3.8) is 0 Å². The van der Waals surface area contributed by atoms with Crippen molar-refractivity contribution >= 4 is 47.4 Å². The average Bonchev–Trinajstić information content (AvgIpc) is 1.48. The van der Waals surface area contributed by atoms with E-state index in [0.717, 1.165) is 0 Å². The lowest BCUT2D eigenvalue weighted by atomic mass is 9.64. The Morgan fingerprint density at radius 3 is 1.62 bits per heavy atom. The van der Waals surface area contributed by atoms with Crippen LogP contribution in [0.25, 0.3) is 22.3 Å². The van der Waals surface area contributed by atoms with E-state index in [2.05, 4.69) is 0 Å². The quantitative estimate of drug-likeness (QED) is 0.0416. The van der Waals surface area contributed by atoms with Crippen LogP contribution in [0.15, 0.2) is 47.1 Å². The Balaban J connectivity index is 1.16. The van der Waals surface area contributed by atoms with E-state index in [0.29, 0.717) is 24.3 Å². The van der Waals surface area contributed by atoms with E-state index in [-0.39, 0.29) is 6.07 Å². The van der Waals surface area contributed by atoms with Crippen LogP contribution in [0.2, 0.25) is 0 Å². The minimum absolute atomic E-state index is 0.287. The lowest BCUT2D eigenvalue weighted by Gasteiger charge is -2.43. The van der Waals surface area contributed by atoms with E-state index >= 15 is 24.0 Å². The van der Waals surface area contributed by atoms with E-state index in [1.165, 1.54) is 0 Å². The number of benzene rings is 5. The third-order valence-electron chi connectivity index (χ3n) is 17.2. The van der Waals surface area contributed by atoms with Crippen LogP contribution >= 0.6 is 0 Å². The lowest BCUT2D eigenvalue weighted by Crippen LogP contribution is -2.57. The van der Waals surface area contributed by atoms with Crippen LogP contribution in [0.3, 0.4) is 0 Å². The fraction of sp³-hybridized carbons (Fsp3) is 0.236. The minimum atomic E-state index is -3.61. The molecule has 8 heterocycles. The molecule has 11 unspecified atom stereocenters. The van der Waals surface area contributed by atoms with Gasteiger partial charge in [0.25, 0.3) is 0 Å². The second-order valence-electron chi connectivity index (χ2n) is 21.3. The topological polar surface area (TPSA) is 525 Å². The van der Waals surface area contributed by atoms with Gasteiger partial charge in [-0.3, -0.25) is 9.59 Å². The van der Waals surface area contributed by atoms with Crippen LogP contribution in [-0.4, -0.2) is 184 Å². The highest BCUT2D eigenvalue weighted by molar-refractivity contribution is 6.25. The third-order valence-corrected chi connectivity index (χ3v) is 17.2. The van der Waals surface area contributed by atoms with Crippen LogP contribution in [-0.2, 0) is 54.0 Å². The van der Waals surface area contributed by atoms with Crippen molar-refractivity contribution in [2.45, 2.75) is 66.1 Å². The SMILES string of the molecule is O=C1OC2C3C4=C1C(c1c(O)c(O)c(O)c5c1C(=O)OC2C1OC(=O)c2cc(O)c(O)c(O)c2-c2c(cc(O)c(O)c2O)C(=O)OCC1OC(=O)c1cc(O)c(O)c(O)c1-5)C1(OC(=O)C2(O)C(=O)C=C(C5Oc6c(c(O)cc(O)c63)CC5O)C21)C4=O. The highest BCUT2D eigenvalue weighted by atomic mass is 16.6. The van der Waals surface area contributed by atoms with Crippen LogP contribution in [0, 0.1) is 5.92 Å². The molecule has 31 nitrogen and oxygen atoms in total. The summed E-state index contributed by atoms with van der Waals surface area (Å²) in [6, 6.07) is 1.60. The molecule has 5 aromatic rings. The van der Waals surface area contributed by atoms with Crippen LogP contribution in [0.4, 0.5) is 0 Å². The molecule has 1 fully saturated rings. The summed E-state index contributed by atoms with van der Waals surface area (Å²) >= 11 is 0. The van der Waals surface area contributed by atoms with Gasteiger partial charge in [0.2, 0.25) is 34.4 Å². The molecule has 0 aromatic heterocycles. The number of Topliss-reactive ketones (excluding diaryl/α,β-unsaturated/α-hetero) is 1. The van der Waals surface area contributed by atoms with Gasteiger partial charge in [-0.05, 0) is 29.8 Å². The zero-order chi connectivity index (χ0) is 61.5. The van der Waals surface area contributed by atoms with Crippen molar-refractivity contribution in [3.05, 3.63) is 86.0 Å². The summed E-state index contributed by atoms with van der Waals surface area (Å²) in [6.45, 7) is -1.63. The number of phenols is 14. The number of esters is 6. The number of carbonyl (C=O) groups excluding carboxylic acids is 8. The van der Waals surface area contributed by atoms with E-state index in [1.54, 1.807) is 0 Å². The summed E-state index contributed by atoms with van der Waals surface area (Å²) in [5.41, 5.74) is -23.5. The normalized spacial score (nSPS) is 28.8. The van der Waals surface area contributed by atoms with Crippen molar-refractivity contribution in [3.8, 4) is 108 Å². The van der Waals surface area contributed by atoms with Gasteiger partial charge in [-0.15, -0.1) is 0 Å². The number of aliphatic hydroxyl groups is 2. The minimum Gasteiger partial charge on any atom is -0.507 e. The van der Waals surface area contributed by atoms with Gasteiger partial charge in [-0.2, -0.15) is 0 Å². The van der Waals surface area contributed by atoms with Gasteiger partial charge in [-0.1, -0.05) is 0 Å². The van der Waals surface area contributed by atoms with E-state index in [4.69, 9.17) is 33.2 Å². The standard InChI is InChI=1S/C55H34O31/c56-13-6-14(57)24-26-27-30-31(55(47(27)72)46-12(5-20(62)54(46,79)53(78)86-55)41-18(61)1-8(13)42(24)82-41)29-28-25(38(69)40(71)39(29)70)23-11(4-17(60)34(65)37(23)68)49(74)81-19-7-80-48(73)9-2-15(58)32(63)35(66)21(9)22-10(3-16(59)33(64)36(22)67)50(75)83-43(19)45(85-51(28)76)44(26)84-52(30)77/h2-6,18-19,26,31,41,43-46,56-61,63-71,79H,1,7H2. The fourth-order valence-electron chi connectivity index (χ4n) is 13.6. The molecule has 2 aliphatic carbocycles. The summed E-state index contributed by atoms with van der Waals surface area (Å²) in [5, 5.41) is 185. The number of cyclic esters (lactones) is 1. The molecule has 1 saturated heterocycles. The first kappa shape index (κ1) is 52.7. The summed E-state index contributed by atoms with van der Waals surface area (Å²) in [7, 11) is 0. The molecule has 5 aromatic carbocycles. The Bertz CT molecular complexity index is 4320. The number of ketones is 2. The van der Waals surface area contributed by atoms with Gasteiger partial charge < -0.3 is 115 Å². The van der Waals surface area contributed by atoms with E-state index in [9.17, 15) is 96.1 Å². The van der Waals surface area contributed by atoms with Crippen molar-refractivity contribution in [1.82, 2.24) is 0 Å². The van der Waals surface area contributed by atoms with Crippen LogP contribution in [0.1, 0.15) is 70.0 Å². The Morgan fingerprint density at radius 2 is 1.01 bits per heavy atom. The first-order valence-corrected chi connectivity index (χ1v) is 25.2. The monoisotopic (exact) mass is 1190 g/mol. The van der Waals surface area contributed by atoms with Gasteiger partial charge in [0.1, 0.15) is 30.0 Å². The number of aliphatic hydroxyl groups excluding tert-OH is 1. The molecule has 1 spiro atoms. The molecule has 8 aliphatic heterocycles. The number of fused-ring (bicyclic) bond motifs is 9. The van der Waals surface area contributed by atoms with Crippen molar-refractivity contribution in [2.75, 3.05) is 6.61 Å². The summed E-state index contributed by atoms with van der Waals surface area (Å²) in [4.78, 5) is 122. The number of hydrogen-bond acceptors (Lipinski definition) is 31. The molecule has 31 heteroatoms. The first-order chi connectivity index (χ1) is 40.6. The van der Waals surface area contributed by atoms with Gasteiger partial charge in [0.05, 0.1) is 51.7 Å². The van der Waals surface area contributed by atoms with Crippen LogP contribution < -0.4 is 4.74 Å². The van der Waals surface area contributed by atoms with Gasteiger partial charge in [0, 0.05) is 57.0 Å². The number of carbonyl (C=O) groups is 8. The van der Waals surface area contributed by atoms with Crippen molar-refractivity contribution < 1.29 is 153 Å². The predicted octanol–water partition coefficient (Wildman–Crippen LogP) is -0.125. The van der Waals surface area contributed by atoms with Gasteiger partial charge in [0.15, 0.2) is 81.8 Å². The van der Waals surface area contributed by atoms with Crippen molar-refractivity contribution in [2.24, 2.45) is 5.92 Å². The maximum Gasteiger partial charge on any atom is 0.348 e. The summed E-state index contributed by atoms with van der Waals surface area (Å²) < 4.78 is 42.1. The molecule has 10 aliphatic rings. The summed E-state index contributed by atoms with van der Waals surface area (Å²) in [5.74, 6) is -44.7. The number of hydrogen-bond donors (Lipinski definition) is 16. The highest BCUT2D eigenvalue weighted by Gasteiger charge is 2.82. The largest absolute Gasteiger partial charge is 0.507 e. The molecule has 15 rings (SSSR count). The highest BCUT2D eigenvalue weighted by Crippen LogP contribution is 2.70. The molecule has 9 bridgehead atoms. The number of rotatable bonds is 0. The Hall–Kier alpha value is -11.3. The molecule has 86 heavy (non-hydrogen) atoms. The number of phenolic OH excluding ortho intramolecular Hbond substituents is 14. The predicted molar refractivity (Wildman–Crippen MR) is 263 cm³/mol. The second kappa shape index (κ2) is 16.7. The Kier molecular flexibility index (Phi) is 10.2. The molecular weight excluding hydrogens is 1160 g/mol. The van der Waals surface area contributed by atoms with Crippen LogP contribution in [0.5, 0.6) is 86.2 Å². The second-order valence-corrected chi connectivity index (χ2v) is 21.3. The molecule has 0 amide bonds. The number of ether oxygens (including phenoxy) is 7. The Labute approximate surface area is 472 Å². The van der Waals surface area contributed by atoms with E-state index < -0.39 is 290 Å². The fourth-order valence-corrected chi connectivity index (χ4v) is 13.6. The average molecular weight is 1190 g/mol. The lowest BCUT2D eigenvalue weighted by molar-refractivity contribution is -0.169. The molecule has 440 valence electrons. The number of aromatic hydroxyl groups is 14. The van der Waals surface area contributed by atoms with E-state index in [1.807, 2.05) is 0 Å². The summed E-state index contributed by atoms with van der Waals surface area (Å²) in [6.07, 6.45) is -15.7.